The van der Waals surface area contributed by atoms with E-state index in [-0.39, 0.29) is 11.6 Å². The molecule has 3 heterocycles. The number of rotatable bonds is 2. The summed E-state index contributed by atoms with van der Waals surface area (Å²) in [6, 6.07) is 7.17. The maximum Gasteiger partial charge on any atom is 0.351 e. The molecule has 2 aliphatic rings. The van der Waals surface area contributed by atoms with Gasteiger partial charge in [-0.15, -0.1) is 0 Å². The highest BCUT2D eigenvalue weighted by atomic mass is 16.6. The third-order valence-electron chi connectivity index (χ3n) is 4.07. The van der Waals surface area contributed by atoms with Crippen LogP contribution in [0.5, 0.6) is 11.5 Å². The summed E-state index contributed by atoms with van der Waals surface area (Å²) in [6.45, 7) is -0.479. The number of ether oxygens (including phenoxy) is 2. The highest BCUT2D eigenvalue weighted by Crippen LogP contribution is 2.40. The molecule has 0 radical (unpaired) electrons. The van der Waals surface area contributed by atoms with Gasteiger partial charge in [0.15, 0.2) is 23.5 Å². The number of aromatic nitrogens is 2. The molecule has 4 rings (SSSR count). The Morgan fingerprint density at radius 3 is 2.75 bits per heavy atom. The van der Waals surface area contributed by atoms with Crippen molar-refractivity contribution >= 4 is 11.5 Å². The molecule has 1 saturated heterocycles. The number of anilines is 2. The Labute approximate surface area is 135 Å². The molecular weight excluding hydrogens is 318 g/mol. The van der Waals surface area contributed by atoms with Crippen LogP contribution in [0.3, 0.4) is 0 Å². The van der Waals surface area contributed by atoms with Crippen LogP contribution in [0, 0.1) is 0 Å². The molecule has 9 nitrogen and oxygen atoms in total. The molecule has 0 spiro atoms. The first-order chi connectivity index (χ1) is 11.6. The molecule has 1 aromatic carbocycles. The van der Waals surface area contributed by atoms with Crippen molar-refractivity contribution < 1.29 is 24.8 Å². The standard InChI is InChI=1S/C15H15N3O6/c19-6-10-11(20)12(21)14(24-10)18-5-9-13(17-15(18)22)16-7-3-1-2-4-8(7)23-9/h1-5,10-12,14,19-21H,6H2,(H,16,17,22)/t10-,11+,12?,14-/m1/s1. The van der Waals surface area contributed by atoms with Gasteiger partial charge in [0.25, 0.3) is 0 Å². The SMILES string of the molecule is O=c1nc2c(cn1[C@@H]1O[C@H](CO)[C@H](O)C1O)Oc1ccccc1N2. The Balaban J connectivity index is 1.72. The molecule has 24 heavy (non-hydrogen) atoms. The fourth-order valence-electron chi connectivity index (χ4n) is 2.81. The normalized spacial score (nSPS) is 27.8. The second-order valence-electron chi connectivity index (χ2n) is 5.60. The number of nitrogens with one attached hydrogen (secondary N) is 1. The summed E-state index contributed by atoms with van der Waals surface area (Å²) in [5, 5.41) is 32.1. The zero-order valence-electron chi connectivity index (χ0n) is 12.4. The smallest absolute Gasteiger partial charge is 0.351 e. The molecule has 126 valence electrons. The van der Waals surface area contributed by atoms with E-state index in [0.717, 1.165) is 4.57 Å². The van der Waals surface area contributed by atoms with Gasteiger partial charge < -0.3 is 30.1 Å². The highest BCUT2D eigenvalue weighted by molar-refractivity contribution is 5.72. The predicted octanol–water partition coefficient (Wildman–Crippen LogP) is -0.296. The monoisotopic (exact) mass is 333 g/mol. The zero-order valence-corrected chi connectivity index (χ0v) is 12.4. The van der Waals surface area contributed by atoms with Crippen LogP contribution >= 0.6 is 0 Å². The summed E-state index contributed by atoms with van der Waals surface area (Å²) in [7, 11) is 0. The highest BCUT2D eigenvalue weighted by Gasteiger charge is 2.44. The average Bonchev–Trinajstić information content (AvgIpc) is 2.87. The molecule has 0 amide bonds. The summed E-state index contributed by atoms with van der Waals surface area (Å²) >= 11 is 0. The number of benzene rings is 1. The van der Waals surface area contributed by atoms with Crippen molar-refractivity contribution in [3.05, 3.63) is 40.9 Å². The Morgan fingerprint density at radius 1 is 1.21 bits per heavy atom. The Hall–Kier alpha value is -2.46. The van der Waals surface area contributed by atoms with Crippen molar-refractivity contribution in [1.82, 2.24) is 9.55 Å². The van der Waals surface area contributed by atoms with Crippen LogP contribution in [0.4, 0.5) is 11.5 Å². The first kappa shape index (κ1) is 15.1. The number of fused-ring (bicyclic) bond motifs is 2. The summed E-state index contributed by atoms with van der Waals surface area (Å²) in [5.74, 6) is 1.10. The van der Waals surface area contributed by atoms with Crippen molar-refractivity contribution in [3.8, 4) is 11.5 Å². The molecule has 2 aliphatic heterocycles. The van der Waals surface area contributed by atoms with Crippen LogP contribution in [-0.2, 0) is 4.74 Å². The molecule has 0 aliphatic carbocycles. The zero-order chi connectivity index (χ0) is 16.8. The molecule has 4 atom stereocenters. The molecule has 0 saturated carbocycles. The van der Waals surface area contributed by atoms with E-state index in [1.165, 1.54) is 6.20 Å². The van der Waals surface area contributed by atoms with E-state index in [1.807, 2.05) is 6.07 Å². The lowest BCUT2D eigenvalue weighted by Gasteiger charge is -2.23. The lowest BCUT2D eigenvalue weighted by Crippen LogP contribution is -2.36. The fraction of sp³-hybridized carbons (Fsp3) is 0.333. The van der Waals surface area contributed by atoms with Gasteiger partial charge in [0.1, 0.15) is 18.3 Å². The van der Waals surface area contributed by atoms with Crippen LogP contribution in [-0.4, -0.2) is 49.8 Å². The first-order valence-corrected chi connectivity index (χ1v) is 7.38. The minimum Gasteiger partial charge on any atom is -0.450 e. The van der Waals surface area contributed by atoms with E-state index in [9.17, 15) is 15.0 Å². The van der Waals surface area contributed by atoms with E-state index < -0.39 is 36.8 Å². The molecule has 1 fully saturated rings. The Kier molecular flexibility index (Phi) is 3.50. The maximum atomic E-state index is 12.3. The molecule has 0 bridgehead atoms. The van der Waals surface area contributed by atoms with Crippen LogP contribution in [0.15, 0.2) is 35.3 Å². The Morgan fingerprint density at radius 2 is 2.00 bits per heavy atom. The molecule has 1 unspecified atom stereocenters. The summed E-state index contributed by atoms with van der Waals surface area (Å²) < 4.78 is 12.1. The van der Waals surface area contributed by atoms with Crippen molar-refractivity contribution in [2.24, 2.45) is 0 Å². The van der Waals surface area contributed by atoms with Crippen LogP contribution in [0.25, 0.3) is 0 Å². The van der Waals surface area contributed by atoms with E-state index in [4.69, 9.17) is 14.6 Å². The van der Waals surface area contributed by atoms with Crippen LogP contribution < -0.4 is 15.7 Å². The number of hydrogen-bond acceptors (Lipinski definition) is 8. The summed E-state index contributed by atoms with van der Waals surface area (Å²) in [6.07, 6.45) is -3.46. The van der Waals surface area contributed by atoms with Gasteiger partial charge in [-0.2, -0.15) is 4.98 Å². The number of hydrogen-bond donors (Lipinski definition) is 4. The molecule has 1 aromatic heterocycles. The predicted molar refractivity (Wildman–Crippen MR) is 81.3 cm³/mol. The van der Waals surface area contributed by atoms with Gasteiger partial charge in [-0.3, -0.25) is 4.57 Å². The van der Waals surface area contributed by atoms with Gasteiger partial charge in [0, 0.05) is 0 Å². The molecule has 2 aromatic rings. The number of aliphatic hydroxyl groups is 3. The van der Waals surface area contributed by atoms with Crippen molar-refractivity contribution in [2.45, 2.75) is 24.5 Å². The van der Waals surface area contributed by atoms with Gasteiger partial charge in [-0.25, -0.2) is 4.79 Å². The van der Waals surface area contributed by atoms with Gasteiger partial charge >= 0.3 is 5.69 Å². The number of aliphatic hydroxyl groups excluding tert-OH is 3. The van der Waals surface area contributed by atoms with Crippen molar-refractivity contribution in [2.75, 3.05) is 11.9 Å². The second-order valence-corrected chi connectivity index (χ2v) is 5.60. The maximum absolute atomic E-state index is 12.3. The number of nitrogens with zero attached hydrogens (tertiary/aromatic N) is 2. The average molecular weight is 333 g/mol. The molecular formula is C15H15N3O6. The van der Waals surface area contributed by atoms with Crippen molar-refractivity contribution in [1.29, 1.82) is 0 Å². The van der Waals surface area contributed by atoms with Gasteiger partial charge in [-0.1, -0.05) is 12.1 Å². The van der Waals surface area contributed by atoms with Crippen LogP contribution in [0.2, 0.25) is 0 Å². The van der Waals surface area contributed by atoms with E-state index in [2.05, 4.69) is 10.3 Å². The lowest BCUT2D eigenvalue weighted by atomic mass is 10.1. The van der Waals surface area contributed by atoms with Crippen LogP contribution in [0.1, 0.15) is 6.23 Å². The fourth-order valence-corrected chi connectivity index (χ4v) is 2.81. The van der Waals surface area contributed by atoms with Gasteiger partial charge in [0.05, 0.1) is 18.5 Å². The largest absolute Gasteiger partial charge is 0.450 e. The van der Waals surface area contributed by atoms with Crippen molar-refractivity contribution in [3.63, 3.8) is 0 Å². The minimum absolute atomic E-state index is 0.252. The third kappa shape index (κ3) is 2.26. The lowest BCUT2D eigenvalue weighted by molar-refractivity contribution is -0.0551. The van der Waals surface area contributed by atoms with E-state index in [1.54, 1.807) is 18.2 Å². The first-order valence-electron chi connectivity index (χ1n) is 7.38. The topological polar surface area (TPSA) is 126 Å². The minimum atomic E-state index is -1.37. The van der Waals surface area contributed by atoms with Gasteiger partial charge in [0.2, 0.25) is 0 Å². The second kappa shape index (κ2) is 5.56. The Bertz CT molecular complexity index is 838. The molecule has 4 N–H and O–H groups in total. The number of para-hydroxylation sites is 2. The van der Waals surface area contributed by atoms with Gasteiger partial charge in [-0.05, 0) is 12.1 Å². The van der Waals surface area contributed by atoms with E-state index >= 15 is 0 Å². The summed E-state index contributed by atoms with van der Waals surface area (Å²) in [4.78, 5) is 16.2. The summed E-state index contributed by atoms with van der Waals surface area (Å²) in [5.41, 5.74) is 0.00152. The van der Waals surface area contributed by atoms with E-state index in [0.29, 0.717) is 11.4 Å². The quantitative estimate of drug-likeness (QED) is 0.504. The third-order valence-corrected chi connectivity index (χ3v) is 4.07. The molecule has 9 heteroatoms.